The summed E-state index contributed by atoms with van der Waals surface area (Å²) in [6, 6.07) is 13.3. The molecule has 0 bridgehead atoms. The van der Waals surface area contributed by atoms with Crippen LogP contribution in [0.25, 0.3) is 6.08 Å². The van der Waals surface area contributed by atoms with Gasteiger partial charge in [-0.25, -0.2) is 9.69 Å². The van der Waals surface area contributed by atoms with Gasteiger partial charge in [0.25, 0.3) is 11.8 Å². The number of amides is 4. The number of hydrogen-bond acceptors (Lipinski definition) is 6. The summed E-state index contributed by atoms with van der Waals surface area (Å²) in [4.78, 5) is 39.2. The highest BCUT2D eigenvalue weighted by atomic mass is 79.9. The molecule has 2 heterocycles. The second kappa shape index (κ2) is 10.3. The minimum atomic E-state index is -0.802. The third-order valence-electron chi connectivity index (χ3n) is 5.65. The molecule has 1 saturated heterocycles. The number of nitrogens with zero attached hydrogens (tertiary/aromatic N) is 1. The number of anilines is 1. The number of urea groups is 1. The number of rotatable bonds is 5. The third-order valence-corrected chi connectivity index (χ3v) is 7.72. The summed E-state index contributed by atoms with van der Waals surface area (Å²) in [7, 11) is 0. The Balaban J connectivity index is 1.39. The number of barbiturate groups is 1. The first kappa shape index (κ1) is 25.5. The molecule has 188 valence electrons. The van der Waals surface area contributed by atoms with E-state index < -0.39 is 17.8 Å². The van der Waals surface area contributed by atoms with E-state index in [2.05, 4.69) is 53.1 Å². The van der Waals surface area contributed by atoms with Crippen LogP contribution in [0.3, 0.4) is 0 Å². The summed E-state index contributed by atoms with van der Waals surface area (Å²) >= 11 is 10.4. The highest BCUT2D eigenvalue weighted by Gasteiger charge is 2.37. The number of halogens is 3. The summed E-state index contributed by atoms with van der Waals surface area (Å²) in [6.45, 7) is 2.31. The molecule has 3 aromatic rings. The maximum atomic E-state index is 13.2. The molecule has 0 aliphatic carbocycles. The van der Waals surface area contributed by atoms with Crippen LogP contribution in [0.5, 0.6) is 17.2 Å². The predicted octanol–water partition coefficient (Wildman–Crippen LogP) is 6.26. The fourth-order valence-corrected chi connectivity index (χ4v) is 5.51. The van der Waals surface area contributed by atoms with Gasteiger partial charge in [0.05, 0.1) is 14.6 Å². The van der Waals surface area contributed by atoms with E-state index in [1.807, 2.05) is 25.1 Å². The van der Waals surface area contributed by atoms with Gasteiger partial charge in [-0.3, -0.25) is 14.9 Å². The monoisotopic (exact) mass is 690 g/mol. The Morgan fingerprint density at radius 1 is 0.946 bits per heavy atom. The van der Waals surface area contributed by atoms with Crippen LogP contribution in [0.4, 0.5) is 10.5 Å². The lowest BCUT2D eigenvalue weighted by Crippen LogP contribution is -2.54. The average Bonchev–Trinajstić information content (AvgIpc) is 3.31. The molecule has 0 aromatic heterocycles. The van der Waals surface area contributed by atoms with Gasteiger partial charge in [-0.05, 0) is 104 Å². The van der Waals surface area contributed by atoms with Crippen molar-refractivity contribution < 1.29 is 28.6 Å². The number of imide groups is 2. The zero-order valence-electron chi connectivity index (χ0n) is 19.1. The standard InChI is InChI=1S/C26H17Br3N2O6/c1-13-6-16(3-4-18(13)27)31-25(33)17(24(32)30-26(31)34)7-15-8-19(28)23(20(29)9-15)35-11-14-2-5-21-22(10-14)37-12-36-21/h2-10H,11-12H2,1H3,(H,30,32,34)/b17-7+. The second-order valence-corrected chi connectivity index (χ2v) is 10.7. The van der Waals surface area contributed by atoms with Gasteiger partial charge in [0, 0.05) is 4.47 Å². The van der Waals surface area contributed by atoms with Crippen molar-refractivity contribution in [2.75, 3.05) is 11.7 Å². The summed E-state index contributed by atoms with van der Waals surface area (Å²) in [6.07, 6.45) is 1.43. The van der Waals surface area contributed by atoms with E-state index in [-0.39, 0.29) is 19.0 Å². The van der Waals surface area contributed by atoms with Crippen LogP contribution in [0.15, 0.2) is 67.5 Å². The highest BCUT2D eigenvalue weighted by Crippen LogP contribution is 2.37. The maximum absolute atomic E-state index is 13.2. The molecule has 0 radical (unpaired) electrons. The molecule has 0 saturated carbocycles. The van der Waals surface area contributed by atoms with Crippen molar-refractivity contribution in [1.82, 2.24) is 5.32 Å². The topological polar surface area (TPSA) is 94.2 Å². The lowest BCUT2D eigenvalue weighted by atomic mass is 10.1. The Labute approximate surface area is 237 Å². The molecular formula is C26H17Br3N2O6. The lowest BCUT2D eigenvalue weighted by molar-refractivity contribution is -0.122. The van der Waals surface area contributed by atoms with Crippen LogP contribution in [0.2, 0.25) is 0 Å². The Bertz CT molecular complexity index is 1480. The van der Waals surface area contributed by atoms with Crippen molar-refractivity contribution in [3.63, 3.8) is 0 Å². The zero-order chi connectivity index (χ0) is 26.3. The third kappa shape index (κ3) is 5.16. The largest absolute Gasteiger partial charge is 0.487 e. The van der Waals surface area contributed by atoms with Gasteiger partial charge in [-0.1, -0.05) is 22.0 Å². The van der Waals surface area contributed by atoms with E-state index in [4.69, 9.17) is 14.2 Å². The van der Waals surface area contributed by atoms with Crippen LogP contribution >= 0.6 is 47.8 Å². The number of ether oxygens (including phenoxy) is 3. The SMILES string of the molecule is Cc1cc(N2C(=O)NC(=O)/C(=C\c3cc(Br)c(OCc4ccc5c(c4)OCO5)c(Br)c3)C2=O)ccc1Br. The molecule has 5 rings (SSSR count). The maximum Gasteiger partial charge on any atom is 0.335 e. The van der Waals surface area contributed by atoms with Crippen LogP contribution in [-0.2, 0) is 16.2 Å². The van der Waals surface area contributed by atoms with Crippen LogP contribution < -0.4 is 24.4 Å². The smallest absolute Gasteiger partial charge is 0.335 e. The van der Waals surface area contributed by atoms with E-state index in [0.717, 1.165) is 20.5 Å². The van der Waals surface area contributed by atoms with Crippen molar-refractivity contribution in [2.24, 2.45) is 0 Å². The van der Waals surface area contributed by atoms with Crippen LogP contribution in [0.1, 0.15) is 16.7 Å². The van der Waals surface area contributed by atoms with E-state index in [1.165, 1.54) is 6.08 Å². The van der Waals surface area contributed by atoms with Gasteiger partial charge < -0.3 is 14.2 Å². The minimum Gasteiger partial charge on any atom is -0.487 e. The van der Waals surface area contributed by atoms with Crippen molar-refractivity contribution in [2.45, 2.75) is 13.5 Å². The average molecular weight is 693 g/mol. The molecule has 0 unspecified atom stereocenters. The Morgan fingerprint density at radius 2 is 1.68 bits per heavy atom. The van der Waals surface area contributed by atoms with Gasteiger partial charge in [-0.15, -0.1) is 0 Å². The molecule has 8 nitrogen and oxygen atoms in total. The molecule has 2 aliphatic heterocycles. The molecular weight excluding hydrogens is 676 g/mol. The minimum absolute atomic E-state index is 0.173. The summed E-state index contributed by atoms with van der Waals surface area (Å²) in [5, 5.41) is 2.24. The van der Waals surface area contributed by atoms with Crippen molar-refractivity contribution in [1.29, 1.82) is 0 Å². The fourth-order valence-electron chi connectivity index (χ4n) is 3.81. The number of aryl methyl sites for hydroxylation is 1. The summed E-state index contributed by atoms with van der Waals surface area (Å²) < 4.78 is 18.8. The van der Waals surface area contributed by atoms with Gasteiger partial charge in [0.1, 0.15) is 17.9 Å². The molecule has 0 spiro atoms. The number of carbonyl (C=O) groups is 3. The predicted molar refractivity (Wildman–Crippen MR) is 147 cm³/mol. The molecule has 4 amide bonds. The Hall–Kier alpha value is -3.15. The summed E-state index contributed by atoms with van der Waals surface area (Å²) in [5.41, 5.74) is 2.47. The number of nitrogens with one attached hydrogen (secondary N) is 1. The molecule has 3 aromatic carbocycles. The molecule has 2 aliphatic rings. The number of carbonyl (C=O) groups excluding carboxylic acids is 3. The van der Waals surface area contributed by atoms with E-state index in [0.29, 0.717) is 37.4 Å². The highest BCUT2D eigenvalue weighted by molar-refractivity contribution is 9.11. The molecule has 1 fully saturated rings. The number of benzene rings is 3. The van der Waals surface area contributed by atoms with Gasteiger partial charge in [0.15, 0.2) is 11.5 Å². The first-order chi connectivity index (χ1) is 17.7. The Morgan fingerprint density at radius 3 is 2.41 bits per heavy atom. The lowest BCUT2D eigenvalue weighted by Gasteiger charge is -2.26. The Kier molecular flexibility index (Phi) is 7.11. The molecule has 1 N–H and O–H groups in total. The fraction of sp³-hybridized carbons (Fsp3) is 0.115. The quantitative estimate of drug-likeness (QED) is 0.251. The van der Waals surface area contributed by atoms with Crippen molar-refractivity contribution in [3.8, 4) is 17.2 Å². The first-order valence-corrected chi connectivity index (χ1v) is 13.3. The molecule has 37 heavy (non-hydrogen) atoms. The van der Waals surface area contributed by atoms with Crippen LogP contribution in [-0.4, -0.2) is 24.6 Å². The van der Waals surface area contributed by atoms with Gasteiger partial charge in [0.2, 0.25) is 6.79 Å². The zero-order valence-corrected chi connectivity index (χ0v) is 23.9. The van der Waals surface area contributed by atoms with E-state index in [9.17, 15) is 14.4 Å². The van der Waals surface area contributed by atoms with Crippen molar-refractivity contribution >= 4 is 77.4 Å². The van der Waals surface area contributed by atoms with E-state index >= 15 is 0 Å². The first-order valence-electron chi connectivity index (χ1n) is 10.9. The van der Waals surface area contributed by atoms with Crippen LogP contribution in [0, 0.1) is 6.92 Å². The van der Waals surface area contributed by atoms with Gasteiger partial charge in [-0.2, -0.15) is 0 Å². The molecule has 0 atom stereocenters. The second-order valence-electron chi connectivity index (χ2n) is 8.18. The normalized spacial score (nSPS) is 15.8. The summed E-state index contributed by atoms with van der Waals surface area (Å²) in [5.74, 6) is 0.422. The van der Waals surface area contributed by atoms with E-state index in [1.54, 1.807) is 30.3 Å². The van der Waals surface area contributed by atoms with Crippen molar-refractivity contribution in [3.05, 3.63) is 84.2 Å². The molecule has 11 heteroatoms. The van der Waals surface area contributed by atoms with Gasteiger partial charge >= 0.3 is 6.03 Å². The number of hydrogen-bond donors (Lipinski definition) is 1. The number of fused-ring (bicyclic) bond motifs is 1.